The molecular formula is C14H26N6O. The van der Waals surface area contributed by atoms with Gasteiger partial charge in [-0.05, 0) is 32.1 Å². The average molecular weight is 294 g/mol. The molecule has 1 aliphatic rings. The van der Waals surface area contributed by atoms with Gasteiger partial charge in [0.15, 0.2) is 11.8 Å². The Labute approximate surface area is 126 Å². The molecule has 0 unspecified atom stereocenters. The summed E-state index contributed by atoms with van der Waals surface area (Å²) in [5.74, 6) is 2.49. The first-order valence-corrected chi connectivity index (χ1v) is 7.72. The van der Waals surface area contributed by atoms with Crippen molar-refractivity contribution in [3.05, 3.63) is 12.2 Å². The summed E-state index contributed by atoms with van der Waals surface area (Å²) in [5.41, 5.74) is 0. The SMILES string of the molecule is CCNC(=NCc1nncn1C)NCCCOCC1CC1. The molecule has 0 aliphatic heterocycles. The number of hydrogen-bond donors (Lipinski definition) is 2. The second kappa shape index (κ2) is 8.61. The Kier molecular flexibility index (Phi) is 6.46. The fourth-order valence-electron chi connectivity index (χ4n) is 1.86. The van der Waals surface area contributed by atoms with E-state index in [1.54, 1.807) is 6.33 Å². The van der Waals surface area contributed by atoms with Crippen molar-refractivity contribution in [2.24, 2.45) is 18.0 Å². The van der Waals surface area contributed by atoms with E-state index < -0.39 is 0 Å². The van der Waals surface area contributed by atoms with Gasteiger partial charge in [-0.1, -0.05) is 0 Å². The van der Waals surface area contributed by atoms with Gasteiger partial charge in [-0.2, -0.15) is 0 Å². The second-order valence-electron chi connectivity index (χ2n) is 5.35. The standard InChI is InChI=1S/C14H26N6O/c1-3-15-14(17-9-13-19-18-11-20(13)2)16-7-4-8-21-10-12-5-6-12/h11-12H,3-10H2,1-2H3,(H2,15,16,17). The average Bonchev–Trinajstić information content (AvgIpc) is 3.21. The molecule has 1 heterocycles. The highest BCUT2D eigenvalue weighted by Gasteiger charge is 2.20. The molecule has 2 rings (SSSR count). The van der Waals surface area contributed by atoms with Crippen molar-refractivity contribution in [1.29, 1.82) is 0 Å². The van der Waals surface area contributed by atoms with Crippen LogP contribution in [0.1, 0.15) is 32.0 Å². The lowest BCUT2D eigenvalue weighted by Gasteiger charge is -2.11. The van der Waals surface area contributed by atoms with Crippen molar-refractivity contribution in [3.8, 4) is 0 Å². The topological polar surface area (TPSA) is 76.4 Å². The normalized spacial score (nSPS) is 15.2. The minimum absolute atomic E-state index is 0.518. The van der Waals surface area contributed by atoms with Gasteiger partial charge in [0.2, 0.25) is 0 Å². The van der Waals surface area contributed by atoms with Gasteiger partial charge in [-0.3, -0.25) is 0 Å². The first-order valence-electron chi connectivity index (χ1n) is 7.72. The highest BCUT2D eigenvalue weighted by Crippen LogP contribution is 2.28. The van der Waals surface area contributed by atoms with E-state index in [1.165, 1.54) is 12.8 Å². The van der Waals surface area contributed by atoms with Gasteiger partial charge in [0.25, 0.3) is 0 Å². The van der Waals surface area contributed by atoms with E-state index in [9.17, 15) is 0 Å². The van der Waals surface area contributed by atoms with Crippen LogP contribution >= 0.6 is 0 Å². The molecule has 118 valence electrons. The zero-order valence-electron chi connectivity index (χ0n) is 13.0. The molecule has 1 saturated carbocycles. The molecule has 7 nitrogen and oxygen atoms in total. The Hall–Kier alpha value is -1.63. The largest absolute Gasteiger partial charge is 0.381 e. The molecule has 7 heteroatoms. The van der Waals surface area contributed by atoms with Crippen LogP contribution in [0.15, 0.2) is 11.3 Å². The van der Waals surface area contributed by atoms with Crippen LogP contribution in [-0.2, 0) is 18.3 Å². The zero-order valence-corrected chi connectivity index (χ0v) is 13.0. The van der Waals surface area contributed by atoms with E-state index in [2.05, 4.69) is 32.7 Å². The number of hydrogen-bond acceptors (Lipinski definition) is 4. The third-order valence-electron chi connectivity index (χ3n) is 3.34. The molecule has 0 radical (unpaired) electrons. The number of ether oxygens (including phenoxy) is 1. The van der Waals surface area contributed by atoms with Crippen LogP contribution in [0, 0.1) is 5.92 Å². The summed E-state index contributed by atoms with van der Waals surface area (Å²) in [7, 11) is 1.92. The van der Waals surface area contributed by atoms with Gasteiger partial charge in [-0.15, -0.1) is 10.2 Å². The van der Waals surface area contributed by atoms with E-state index >= 15 is 0 Å². The van der Waals surface area contributed by atoms with E-state index in [1.807, 2.05) is 11.6 Å². The van der Waals surface area contributed by atoms with Crippen LogP contribution in [0.4, 0.5) is 0 Å². The number of nitrogens with zero attached hydrogens (tertiary/aromatic N) is 4. The molecule has 0 atom stereocenters. The maximum absolute atomic E-state index is 5.61. The highest BCUT2D eigenvalue weighted by molar-refractivity contribution is 5.79. The van der Waals surface area contributed by atoms with Crippen molar-refractivity contribution in [1.82, 2.24) is 25.4 Å². The predicted octanol–water partition coefficient (Wildman–Crippen LogP) is 0.687. The second-order valence-corrected chi connectivity index (χ2v) is 5.35. The minimum Gasteiger partial charge on any atom is -0.381 e. The molecule has 1 aliphatic carbocycles. The summed E-state index contributed by atoms with van der Waals surface area (Å²) in [6, 6.07) is 0. The molecule has 2 N–H and O–H groups in total. The van der Waals surface area contributed by atoms with E-state index in [0.29, 0.717) is 6.54 Å². The summed E-state index contributed by atoms with van der Waals surface area (Å²) < 4.78 is 7.49. The van der Waals surface area contributed by atoms with E-state index in [4.69, 9.17) is 4.74 Å². The maximum Gasteiger partial charge on any atom is 0.191 e. The van der Waals surface area contributed by atoms with E-state index in [0.717, 1.165) is 50.4 Å². The number of guanidine groups is 1. The van der Waals surface area contributed by atoms with Crippen molar-refractivity contribution in [2.75, 3.05) is 26.3 Å². The summed E-state index contributed by atoms with van der Waals surface area (Å²) in [5, 5.41) is 14.4. The Morgan fingerprint density at radius 3 is 3.00 bits per heavy atom. The van der Waals surface area contributed by atoms with Gasteiger partial charge in [0.1, 0.15) is 12.9 Å². The molecule has 1 aromatic heterocycles. The van der Waals surface area contributed by atoms with E-state index in [-0.39, 0.29) is 0 Å². The minimum atomic E-state index is 0.518. The zero-order chi connectivity index (χ0) is 14.9. The fourth-order valence-corrected chi connectivity index (χ4v) is 1.86. The van der Waals surface area contributed by atoms with Gasteiger partial charge >= 0.3 is 0 Å². The molecule has 21 heavy (non-hydrogen) atoms. The number of aryl methyl sites for hydroxylation is 1. The van der Waals surface area contributed by atoms with Crippen LogP contribution < -0.4 is 10.6 Å². The Morgan fingerprint density at radius 2 is 2.33 bits per heavy atom. The third-order valence-corrected chi connectivity index (χ3v) is 3.34. The van der Waals surface area contributed by atoms with Crippen LogP contribution in [-0.4, -0.2) is 47.0 Å². The van der Waals surface area contributed by atoms with Gasteiger partial charge in [-0.25, -0.2) is 4.99 Å². The van der Waals surface area contributed by atoms with Crippen molar-refractivity contribution >= 4 is 5.96 Å². The molecule has 0 bridgehead atoms. The van der Waals surface area contributed by atoms with Gasteiger partial charge in [0, 0.05) is 33.4 Å². The molecular weight excluding hydrogens is 268 g/mol. The Morgan fingerprint density at radius 1 is 1.48 bits per heavy atom. The summed E-state index contributed by atoms with van der Waals surface area (Å²) in [4.78, 5) is 4.50. The molecule has 0 saturated heterocycles. The number of nitrogens with one attached hydrogen (secondary N) is 2. The summed E-state index contributed by atoms with van der Waals surface area (Å²) >= 11 is 0. The highest BCUT2D eigenvalue weighted by atomic mass is 16.5. The number of rotatable bonds is 9. The fraction of sp³-hybridized carbons (Fsp3) is 0.786. The van der Waals surface area contributed by atoms with Crippen LogP contribution in [0.5, 0.6) is 0 Å². The monoisotopic (exact) mass is 294 g/mol. The predicted molar refractivity (Wildman–Crippen MR) is 82.0 cm³/mol. The lowest BCUT2D eigenvalue weighted by Crippen LogP contribution is -2.38. The first kappa shape index (κ1) is 15.8. The molecule has 0 aromatic carbocycles. The van der Waals surface area contributed by atoms with Gasteiger partial charge in [0.05, 0.1) is 0 Å². The first-order chi connectivity index (χ1) is 10.3. The Balaban J connectivity index is 1.64. The number of aromatic nitrogens is 3. The molecule has 1 aromatic rings. The molecule has 0 spiro atoms. The summed E-state index contributed by atoms with van der Waals surface area (Å²) in [6.45, 7) is 6.01. The smallest absolute Gasteiger partial charge is 0.191 e. The maximum atomic E-state index is 5.61. The quantitative estimate of drug-likeness (QED) is 0.398. The third kappa shape index (κ3) is 6.12. The lowest BCUT2D eigenvalue weighted by molar-refractivity contribution is 0.123. The molecule has 1 fully saturated rings. The van der Waals surface area contributed by atoms with Crippen LogP contribution in [0.2, 0.25) is 0 Å². The van der Waals surface area contributed by atoms with Gasteiger partial charge < -0.3 is 19.9 Å². The van der Waals surface area contributed by atoms with Crippen molar-refractivity contribution < 1.29 is 4.74 Å². The van der Waals surface area contributed by atoms with Crippen molar-refractivity contribution in [2.45, 2.75) is 32.7 Å². The van der Waals surface area contributed by atoms with Crippen LogP contribution in [0.25, 0.3) is 0 Å². The Bertz CT molecular complexity index is 440. The molecule has 0 amide bonds. The van der Waals surface area contributed by atoms with Crippen molar-refractivity contribution in [3.63, 3.8) is 0 Å². The lowest BCUT2D eigenvalue weighted by atomic mass is 10.4. The summed E-state index contributed by atoms with van der Waals surface area (Å²) in [6.07, 6.45) is 5.36. The number of aliphatic imine (C=N–C) groups is 1. The van der Waals surface area contributed by atoms with Crippen LogP contribution in [0.3, 0.4) is 0 Å².